The molecule has 1 atom stereocenters. The highest BCUT2D eigenvalue weighted by atomic mass is 35.5. The summed E-state index contributed by atoms with van der Waals surface area (Å²) in [5.74, 6) is -0.492. The predicted octanol–water partition coefficient (Wildman–Crippen LogP) is 3.12. The fraction of sp³-hybridized carbons (Fsp3) is 0.259. The van der Waals surface area contributed by atoms with Gasteiger partial charge in [-0.2, -0.15) is 0 Å². The number of carbonyl (C=O) groups excluding carboxylic acids is 2. The third-order valence-corrected chi connectivity index (χ3v) is 6.55. The largest absolute Gasteiger partial charge is 0.486 e. The minimum atomic E-state index is -0.699. The summed E-state index contributed by atoms with van der Waals surface area (Å²) in [6.07, 6.45) is 6.30. The van der Waals surface area contributed by atoms with Gasteiger partial charge in [-0.3, -0.25) is 9.59 Å². The van der Waals surface area contributed by atoms with E-state index in [-0.39, 0.29) is 24.2 Å². The Morgan fingerprint density at radius 1 is 1.16 bits per heavy atom. The first kappa shape index (κ1) is 25.6. The number of ether oxygens (including phenoxy) is 2. The Labute approximate surface area is 223 Å². The van der Waals surface area contributed by atoms with Gasteiger partial charge in [-0.15, -0.1) is 0 Å². The van der Waals surface area contributed by atoms with Crippen molar-refractivity contribution in [2.45, 2.75) is 12.5 Å². The summed E-state index contributed by atoms with van der Waals surface area (Å²) in [5.41, 5.74) is 8.08. The summed E-state index contributed by atoms with van der Waals surface area (Å²) in [6, 6.07) is 8.24. The van der Waals surface area contributed by atoms with Crippen LogP contribution in [0, 0.1) is 5.82 Å². The summed E-state index contributed by atoms with van der Waals surface area (Å²) in [4.78, 5) is 34.5. The molecular formula is C27H25ClFN5O4. The minimum Gasteiger partial charge on any atom is -0.486 e. The Kier molecular flexibility index (Phi) is 7.52. The molecule has 2 aliphatic heterocycles. The lowest BCUT2D eigenvalue weighted by atomic mass is 10.0. The van der Waals surface area contributed by atoms with E-state index in [1.54, 1.807) is 30.5 Å². The third-order valence-electron chi connectivity index (χ3n) is 6.27. The van der Waals surface area contributed by atoms with E-state index in [4.69, 9.17) is 26.8 Å². The fourth-order valence-corrected chi connectivity index (χ4v) is 4.58. The van der Waals surface area contributed by atoms with Gasteiger partial charge in [0.2, 0.25) is 5.91 Å². The summed E-state index contributed by atoms with van der Waals surface area (Å²) in [5, 5.41) is 3.19. The lowest BCUT2D eigenvalue weighted by Gasteiger charge is -2.26. The van der Waals surface area contributed by atoms with Crippen molar-refractivity contribution in [2.24, 2.45) is 0 Å². The van der Waals surface area contributed by atoms with Crippen LogP contribution in [-0.2, 0) is 16.0 Å². The molecule has 11 heteroatoms. The molecule has 0 bridgehead atoms. The number of anilines is 1. The van der Waals surface area contributed by atoms with E-state index < -0.39 is 11.7 Å². The fourth-order valence-electron chi connectivity index (χ4n) is 4.30. The van der Waals surface area contributed by atoms with Gasteiger partial charge in [0.25, 0.3) is 5.91 Å². The van der Waals surface area contributed by atoms with Gasteiger partial charge in [0.05, 0.1) is 24.8 Å². The number of benzene rings is 1. The van der Waals surface area contributed by atoms with E-state index >= 15 is 0 Å². The molecule has 0 radical (unpaired) electrons. The molecular weight excluding hydrogens is 513 g/mol. The smallest absolute Gasteiger partial charge is 0.275 e. The van der Waals surface area contributed by atoms with Crippen molar-refractivity contribution in [3.63, 3.8) is 0 Å². The van der Waals surface area contributed by atoms with Crippen LogP contribution in [0.1, 0.15) is 21.6 Å². The van der Waals surface area contributed by atoms with E-state index in [9.17, 15) is 14.0 Å². The molecule has 196 valence electrons. The Hall–Kier alpha value is -4.02. The number of rotatable bonds is 6. The number of pyridine rings is 2. The average Bonchev–Trinajstić information content (AvgIpc) is 3.35. The van der Waals surface area contributed by atoms with Gasteiger partial charge in [-0.1, -0.05) is 11.6 Å². The highest BCUT2D eigenvalue weighted by Crippen LogP contribution is 2.39. The first-order valence-electron chi connectivity index (χ1n) is 12.1. The number of amides is 2. The van der Waals surface area contributed by atoms with Gasteiger partial charge < -0.3 is 25.4 Å². The summed E-state index contributed by atoms with van der Waals surface area (Å²) in [6.45, 7) is 1.92. The van der Waals surface area contributed by atoms with Gasteiger partial charge >= 0.3 is 0 Å². The molecule has 5 rings (SSSR count). The number of nitrogens with two attached hydrogens (primary N) is 1. The van der Waals surface area contributed by atoms with Gasteiger partial charge in [0.1, 0.15) is 17.7 Å². The maximum absolute atomic E-state index is 14.9. The topological polar surface area (TPSA) is 120 Å². The Morgan fingerprint density at radius 3 is 2.71 bits per heavy atom. The number of halogens is 2. The number of hydrogen-bond donors (Lipinski definition) is 2. The Morgan fingerprint density at radius 2 is 1.97 bits per heavy atom. The molecule has 1 fully saturated rings. The van der Waals surface area contributed by atoms with E-state index in [2.05, 4.69) is 15.3 Å². The van der Waals surface area contributed by atoms with E-state index in [1.165, 1.54) is 23.2 Å². The quantitative estimate of drug-likeness (QED) is 0.464. The van der Waals surface area contributed by atoms with Crippen molar-refractivity contribution >= 4 is 35.3 Å². The molecule has 3 N–H and O–H groups in total. The zero-order valence-corrected chi connectivity index (χ0v) is 21.1. The van der Waals surface area contributed by atoms with Crippen LogP contribution in [0.15, 0.2) is 48.8 Å². The van der Waals surface area contributed by atoms with Gasteiger partial charge in [0, 0.05) is 49.1 Å². The SMILES string of the molecule is Nc1ccc(/C=C/C(=O)NCC2Cc3cc(-c4cnc(C(=O)N5CCOCC5)c(F)c4)cc(Cl)c3O2)cn1. The first-order chi connectivity index (χ1) is 18.4. The van der Waals surface area contributed by atoms with Crippen LogP contribution >= 0.6 is 11.6 Å². The van der Waals surface area contributed by atoms with E-state index in [1.807, 2.05) is 6.07 Å². The molecule has 3 aromatic rings. The van der Waals surface area contributed by atoms with Gasteiger partial charge in [-0.25, -0.2) is 14.4 Å². The highest BCUT2D eigenvalue weighted by Gasteiger charge is 2.27. The van der Waals surface area contributed by atoms with Crippen LogP contribution in [-0.4, -0.2) is 65.6 Å². The van der Waals surface area contributed by atoms with Crippen molar-refractivity contribution in [1.29, 1.82) is 0 Å². The van der Waals surface area contributed by atoms with Crippen molar-refractivity contribution in [3.8, 4) is 16.9 Å². The highest BCUT2D eigenvalue weighted by molar-refractivity contribution is 6.32. The van der Waals surface area contributed by atoms with Crippen LogP contribution in [0.4, 0.5) is 10.2 Å². The normalized spacial score (nSPS) is 16.8. The van der Waals surface area contributed by atoms with Crippen LogP contribution in [0.2, 0.25) is 5.02 Å². The molecule has 2 aliphatic rings. The number of nitrogens with one attached hydrogen (secondary N) is 1. The lowest BCUT2D eigenvalue weighted by molar-refractivity contribution is -0.116. The number of aromatic nitrogens is 2. The van der Waals surface area contributed by atoms with Crippen LogP contribution in [0.5, 0.6) is 5.75 Å². The lowest BCUT2D eigenvalue weighted by Crippen LogP contribution is -2.41. The Bertz CT molecular complexity index is 1390. The minimum absolute atomic E-state index is 0.219. The van der Waals surface area contributed by atoms with E-state index in [0.717, 1.165) is 11.1 Å². The standard InChI is InChI=1S/C27H25ClFN5O4/c28-21-11-17(19-12-22(29)25(33-14-19)27(36)34-5-7-37-8-6-34)9-18-10-20(38-26(18)21)15-32-24(35)4-2-16-1-3-23(30)31-13-16/h1-4,9,11-14,20H,5-8,10,15H2,(H2,30,31)(H,32,35)/b4-2+. The van der Waals surface area contributed by atoms with Crippen molar-refractivity contribution in [2.75, 3.05) is 38.6 Å². The molecule has 2 aromatic heterocycles. The summed E-state index contributed by atoms with van der Waals surface area (Å²) < 4.78 is 26.1. The molecule has 2 amide bonds. The molecule has 0 spiro atoms. The number of nitrogen functional groups attached to an aromatic ring is 1. The molecule has 1 saturated heterocycles. The second-order valence-electron chi connectivity index (χ2n) is 8.94. The maximum Gasteiger partial charge on any atom is 0.275 e. The monoisotopic (exact) mass is 537 g/mol. The zero-order valence-electron chi connectivity index (χ0n) is 20.3. The second kappa shape index (κ2) is 11.2. The summed E-state index contributed by atoms with van der Waals surface area (Å²) in [7, 11) is 0. The molecule has 0 aliphatic carbocycles. The zero-order chi connectivity index (χ0) is 26.6. The number of nitrogens with zero attached hydrogens (tertiary/aromatic N) is 3. The van der Waals surface area contributed by atoms with E-state index in [0.29, 0.717) is 60.4 Å². The van der Waals surface area contributed by atoms with Crippen molar-refractivity contribution in [3.05, 3.63) is 76.5 Å². The third kappa shape index (κ3) is 5.76. The predicted molar refractivity (Wildman–Crippen MR) is 140 cm³/mol. The molecule has 9 nitrogen and oxygen atoms in total. The van der Waals surface area contributed by atoms with Crippen LogP contribution in [0.25, 0.3) is 17.2 Å². The first-order valence-corrected chi connectivity index (χ1v) is 12.4. The maximum atomic E-state index is 14.9. The van der Waals surface area contributed by atoms with Crippen molar-refractivity contribution < 1.29 is 23.5 Å². The molecule has 1 unspecified atom stereocenters. The number of fused-ring (bicyclic) bond motifs is 1. The van der Waals surface area contributed by atoms with Crippen molar-refractivity contribution in [1.82, 2.24) is 20.2 Å². The van der Waals surface area contributed by atoms with Crippen LogP contribution in [0.3, 0.4) is 0 Å². The number of hydrogen-bond acceptors (Lipinski definition) is 7. The molecule has 1 aromatic carbocycles. The van der Waals surface area contributed by atoms with Gasteiger partial charge in [0.15, 0.2) is 11.5 Å². The average molecular weight is 538 g/mol. The molecule has 4 heterocycles. The van der Waals surface area contributed by atoms with Gasteiger partial charge in [-0.05, 0) is 47.5 Å². The number of morpholine rings is 1. The molecule has 0 saturated carbocycles. The second-order valence-corrected chi connectivity index (χ2v) is 9.35. The number of carbonyl (C=O) groups is 2. The Balaban J connectivity index is 1.22. The van der Waals surface area contributed by atoms with Crippen LogP contribution < -0.4 is 15.8 Å². The summed E-state index contributed by atoms with van der Waals surface area (Å²) >= 11 is 6.48. The molecule has 38 heavy (non-hydrogen) atoms.